The molecule has 0 aliphatic carbocycles. The third-order valence-corrected chi connectivity index (χ3v) is 5.82. The first-order valence-electron chi connectivity index (χ1n) is 9.16. The molecule has 8 nitrogen and oxygen atoms in total. The number of non-ortho nitro benzene ring substituents is 1. The van der Waals surface area contributed by atoms with Gasteiger partial charge in [-0.2, -0.15) is 0 Å². The maximum Gasteiger partial charge on any atom is 0.326 e. The second kappa shape index (κ2) is 9.23. The predicted molar refractivity (Wildman–Crippen MR) is 117 cm³/mol. The molecule has 2 heterocycles. The Morgan fingerprint density at radius 1 is 1.40 bits per heavy atom. The van der Waals surface area contributed by atoms with Crippen LogP contribution in [0, 0.1) is 10.1 Å². The fourth-order valence-electron chi connectivity index (χ4n) is 3.00. The van der Waals surface area contributed by atoms with E-state index in [1.807, 2.05) is 6.92 Å². The van der Waals surface area contributed by atoms with Crippen molar-refractivity contribution in [1.29, 1.82) is 0 Å². The number of unbranched alkanes of at least 4 members (excludes halogenated alkanes) is 1. The maximum atomic E-state index is 12.8. The molecule has 1 atom stereocenters. The summed E-state index contributed by atoms with van der Waals surface area (Å²) in [5, 5.41) is 20.5. The standard InChI is InChI=1S/C20H18N2O6S2/c1-2-3-7-15(19(24)25)21-18(23)17(30-20(21)29)11-14-8-9-16(28-14)12-5-4-6-13(10-12)22(26)27/h4-6,8-11,15H,2-3,7H2,1H3,(H,24,25)/b17-11+/t15-/m1/s1. The number of carboxylic acid groups (broad SMARTS) is 1. The summed E-state index contributed by atoms with van der Waals surface area (Å²) in [4.78, 5) is 36.3. The van der Waals surface area contributed by atoms with Gasteiger partial charge in [0.2, 0.25) is 0 Å². The van der Waals surface area contributed by atoms with Gasteiger partial charge in [0.15, 0.2) is 0 Å². The van der Waals surface area contributed by atoms with Gasteiger partial charge >= 0.3 is 5.97 Å². The van der Waals surface area contributed by atoms with Crippen LogP contribution in [-0.2, 0) is 9.59 Å². The Hall–Kier alpha value is -2.98. The lowest BCUT2D eigenvalue weighted by atomic mass is 10.1. The molecule has 0 bridgehead atoms. The van der Waals surface area contributed by atoms with Gasteiger partial charge < -0.3 is 9.52 Å². The van der Waals surface area contributed by atoms with Gasteiger partial charge in [-0.15, -0.1) is 0 Å². The van der Waals surface area contributed by atoms with Crippen LogP contribution in [0.2, 0.25) is 0 Å². The van der Waals surface area contributed by atoms with Crippen molar-refractivity contribution >= 4 is 51.9 Å². The van der Waals surface area contributed by atoms with Gasteiger partial charge in [-0.25, -0.2) is 4.79 Å². The van der Waals surface area contributed by atoms with E-state index in [2.05, 4.69) is 0 Å². The highest BCUT2D eigenvalue weighted by atomic mass is 32.2. The van der Waals surface area contributed by atoms with Crippen molar-refractivity contribution in [1.82, 2.24) is 4.90 Å². The van der Waals surface area contributed by atoms with Crippen LogP contribution in [0.15, 0.2) is 45.7 Å². The van der Waals surface area contributed by atoms with Gasteiger partial charge in [0.05, 0.1) is 9.83 Å². The quantitative estimate of drug-likeness (QED) is 0.269. The SMILES string of the molecule is CCCC[C@H](C(=O)O)N1C(=O)/C(=C\c2ccc(-c3cccc([N+](=O)[O-])c3)o2)SC1=S. The molecule has 1 aromatic heterocycles. The number of thioether (sulfide) groups is 1. The average Bonchev–Trinajstić information content (AvgIpc) is 3.28. The Morgan fingerprint density at radius 3 is 2.83 bits per heavy atom. The number of carbonyl (C=O) groups excluding carboxylic acids is 1. The van der Waals surface area contributed by atoms with E-state index in [1.165, 1.54) is 18.2 Å². The van der Waals surface area contributed by atoms with Crippen molar-refractivity contribution in [3.63, 3.8) is 0 Å². The summed E-state index contributed by atoms with van der Waals surface area (Å²) in [7, 11) is 0. The highest BCUT2D eigenvalue weighted by Crippen LogP contribution is 2.36. The minimum atomic E-state index is -1.09. The normalized spacial score (nSPS) is 16.3. The van der Waals surface area contributed by atoms with E-state index in [0.29, 0.717) is 29.9 Å². The summed E-state index contributed by atoms with van der Waals surface area (Å²) in [5.41, 5.74) is 0.472. The second-order valence-corrected chi connectivity index (χ2v) is 8.23. The molecular formula is C20H18N2O6S2. The summed E-state index contributed by atoms with van der Waals surface area (Å²) in [5.74, 6) is -0.794. The highest BCUT2D eigenvalue weighted by molar-refractivity contribution is 8.26. The molecule has 1 fully saturated rings. The zero-order valence-corrected chi connectivity index (χ0v) is 17.6. The second-order valence-electron chi connectivity index (χ2n) is 6.56. The van der Waals surface area contributed by atoms with E-state index in [-0.39, 0.29) is 14.9 Å². The summed E-state index contributed by atoms with van der Waals surface area (Å²) in [6.45, 7) is 1.94. The van der Waals surface area contributed by atoms with Crippen LogP contribution >= 0.6 is 24.0 Å². The van der Waals surface area contributed by atoms with Crippen LogP contribution in [0.3, 0.4) is 0 Å². The number of hydrogen-bond acceptors (Lipinski definition) is 7. The number of hydrogen-bond donors (Lipinski definition) is 1. The lowest BCUT2D eigenvalue weighted by Gasteiger charge is -2.22. The third kappa shape index (κ3) is 4.60. The van der Waals surface area contributed by atoms with Crippen molar-refractivity contribution < 1.29 is 24.0 Å². The van der Waals surface area contributed by atoms with Gasteiger partial charge in [-0.1, -0.05) is 55.9 Å². The number of nitrogens with zero attached hydrogens (tertiary/aromatic N) is 2. The Bertz CT molecular complexity index is 1050. The molecule has 1 N–H and O–H groups in total. The predicted octanol–water partition coefficient (Wildman–Crippen LogP) is 4.70. The van der Waals surface area contributed by atoms with Crippen LogP contribution in [0.25, 0.3) is 17.4 Å². The molecule has 1 saturated heterocycles. The third-order valence-electron chi connectivity index (χ3n) is 4.49. The van der Waals surface area contributed by atoms with Crippen LogP contribution in [0.4, 0.5) is 5.69 Å². The van der Waals surface area contributed by atoms with E-state index in [9.17, 15) is 24.8 Å². The minimum absolute atomic E-state index is 0.0573. The Morgan fingerprint density at radius 2 is 2.17 bits per heavy atom. The van der Waals surface area contributed by atoms with Crippen molar-refractivity contribution in [3.8, 4) is 11.3 Å². The molecule has 1 aromatic carbocycles. The number of carboxylic acids is 1. The first-order valence-corrected chi connectivity index (χ1v) is 10.4. The van der Waals surface area contributed by atoms with Crippen LogP contribution < -0.4 is 0 Å². The Kier molecular flexibility index (Phi) is 6.68. The van der Waals surface area contributed by atoms with Crippen molar-refractivity contribution in [2.75, 3.05) is 0 Å². The van der Waals surface area contributed by atoms with Crippen LogP contribution in [-0.4, -0.2) is 37.2 Å². The molecule has 0 radical (unpaired) electrons. The molecule has 1 aliphatic heterocycles. The van der Waals surface area contributed by atoms with Crippen molar-refractivity contribution in [2.45, 2.75) is 32.2 Å². The van der Waals surface area contributed by atoms with E-state index in [0.717, 1.165) is 23.1 Å². The Labute approximate surface area is 181 Å². The van der Waals surface area contributed by atoms with E-state index in [4.69, 9.17) is 16.6 Å². The number of amides is 1. The molecule has 3 rings (SSSR count). The monoisotopic (exact) mass is 446 g/mol. The molecule has 30 heavy (non-hydrogen) atoms. The van der Waals surface area contributed by atoms with E-state index < -0.39 is 22.8 Å². The number of carbonyl (C=O) groups is 2. The molecule has 2 aromatic rings. The minimum Gasteiger partial charge on any atom is -0.480 e. The number of rotatable bonds is 8. The number of nitro benzene ring substituents is 1. The number of thiocarbonyl (C=S) groups is 1. The average molecular weight is 447 g/mol. The molecular weight excluding hydrogens is 428 g/mol. The molecule has 0 saturated carbocycles. The number of nitro groups is 1. The summed E-state index contributed by atoms with van der Waals surface area (Å²) >= 11 is 6.27. The maximum absolute atomic E-state index is 12.8. The molecule has 156 valence electrons. The highest BCUT2D eigenvalue weighted by Gasteiger charge is 2.40. The summed E-state index contributed by atoms with van der Waals surface area (Å²) in [6.07, 6.45) is 3.29. The molecule has 1 amide bonds. The molecule has 0 spiro atoms. The van der Waals surface area contributed by atoms with Crippen molar-refractivity contribution in [2.24, 2.45) is 0 Å². The fraction of sp³-hybridized carbons (Fsp3) is 0.250. The molecule has 1 aliphatic rings. The Balaban J connectivity index is 1.84. The topological polar surface area (TPSA) is 114 Å². The van der Waals surface area contributed by atoms with Crippen LogP contribution in [0.5, 0.6) is 0 Å². The number of furan rings is 1. The number of aliphatic carboxylic acids is 1. The zero-order valence-electron chi connectivity index (χ0n) is 15.9. The van der Waals surface area contributed by atoms with Gasteiger partial charge in [-0.3, -0.25) is 19.8 Å². The zero-order chi connectivity index (χ0) is 21.8. The van der Waals surface area contributed by atoms with Gasteiger partial charge in [0.1, 0.15) is 21.9 Å². The lowest BCUT2D eigenvalue weighted by Crippen LogP contribution is -2.43. The first-order chi connectivity index (χ1) is 14.3. The smallest absolute Gasteiger partial charge is 0.326 e. The van der Waals surface area contributed by atoms with Gasteiger partial charge in [0, 0.05) is 23.8 Å². The molecule has 0 unspecified atom stereocenters. The van der Waals surface area contributed by atoms with Crippen molar-refractivity contribution in [3.05, 3.63) is 57.2 Å². The van der Waals surface area contributed by atoms with E-state index in [1.54, 1.807) is 24.3 Å². The fourth-order valence-corrected chi connectivity index (χ4v) is 4.33. The van der Waals surface area contributed by atoms with E-state index >= 15 is 0 Å². The largest absolute Gasteiger partial charge is 0.480 e. The summed E-state index contributed by atoms with van der Waals surface area (Å²) in [6, 6.07) is 8.30. The summed E-state index contributed by atoms with van der Waals surface area (Å²) < 4.78 is 5.91. The molecule has 10 heteroatoms. The lowest BCUT2D eigenvalue weighted by molar-refractivity contribution is -0.384. The number of benzene rings is 1. The van der Waals surface area contributed by atoms with Gasteiger partial charge in [0.25, 0.3) is 11.6 Å². The van der Waals surface area contributed by atoms with Crippen LogP contribution in [0.1, 0.15) is 31.9 Å². The van der Waals surface area contributed by atoms with Gasteiger partial charge in [-0.05, 0) is 18.6 Å². The first kappa shape index (κ1) is 21.7.